The van der Waals surface area contributed by atoms with Crippen molar-refractivity contribution in [3.8, 4) is 5.75 Å². The number of hydrogen-bond donors (Lipinski definition) is 3. The molecule has 1 rings (SSSR count). The van der Waals surface area contributed by atoms with Crippen molar-refractivity contribution in [3.63, 3.8) is 0 Å². The Hall–Kier alpha value is -1.75. The van der Waals surface area contributed by atoms with Gasteiger partial charge in [-0.2, -0.15) is 0 Å². The number of nitrogens with zero attached hydrogens (tertiary/aromatic N) is 1. The summed E-state index contributed by atoms with van der Waals surface area (Å²) >= 11 is 0. The van der Waals surface area contributed by atoms with E-state index < -0.39 is 12.0 Å². The van der Waals surface area contributed by atoms with E-state index in [0.29, 0.717) is 11.3 Å². The van der Waals surface area contributed by atoms with Gasteiger partial charge >= 0.3 is 0 Å². The van der Waals surface area contributed by atoms with E-state index in [1.54, 1.807) is 31.0 Å². The number of phenolic OH excluding ortho intramolecular Hbond substituents is 1. The van der Waals surface area contributed by atoms with E-state index in [-0.39, 0.29) is 12.3 Å². The number of nitrogens with two attached hydrogens (primary N) is 1. The highest BCUT2D eigenvalue weighted by Gasteiger charge is 2.10. The number of aliphatic hydroxyl groups excluding tert-OH is 1. The molecule has 88 valence electrons. The fraction of sp³-hybridized carbons (Fsp3) is 0.364. The van der Waals surface area contributed by atoms with Gasteiger partial charge in [-0.3, -0.25) is 4.79 Å². The SMILES string of the molecule is CC(O)c1ccc(N(C)CC(N)=O)cc1O. The predicted octanol–water partition coefficient (Wildman–Crippen LogP) is 0.367. The smallest absolute Gasteiger partial charge is 0.236 e. The van der Waals surface area contributed by atoms with Crippen LogP contribution in [0.2, 0.25) is 0 Å². The van der Waals surface area contributed by atoms with E-state index in [4.69, 9.17) is 5.73 Å². The van der Waals surface area contributed by atoms with Crippen LogP contribution in [0.5, 0.6) is 5.75 Å². The first-order valence-electron chi connectivity index (χ1n) is 4.92. The second-order valence-electron chi connectivity index (χ2n) is 3.74. The minimum atomic E-state index is -0.726. The lowest BCUT2D eigenvalue weighted by Crippen LogP contribution is -2.30. The van der Waals surface area contributed by atoms with Crippen molar-refractivity contribution in [2.24, 2.45) is 5.73 Å². The molecule has 5 heteroatoms. The van der Waals surface area contributed by atoms with Crippen LogP contribution >= 0.6 is 0 Å². The molecule has 0 aromatic heterocycles. The van der Waals surface area contributed by atoms with Gasteiger partial charge in [0.2, 0.25) is 5.91 Å². The highest BCUT2D eigenvalue weighted by molar-refractivity contribution is 5.79. The molecule has 1 unspecified atom stereocenters. The molecule has 0 heterocycles. The van der Waals surface area contributed by atoms with Crippen LogP contribution in [0, 0.1) is 0 Å². The van der Waals surface area contributed by atoms with Crippen molar-refractivity contribution in [2.75, 3.05) is 18.5 Å². The summed E-state index contributed by atoms with van der Waals surface area (Å²) in [7, 11) is 1.70. The number of likely N-dealkylation sites (N-methyl/N-ethyl adjacent to an activating group) is 1. The Morgan fingerprint density at radius 2 is 2.19 bits per heavy atom. The first-order valence-corrected chi connectivity index (χ1v) is 4.92. The number of anilines is 1. The molecule has 0 bridgehead atoms. The lowest BCUT2D eigenvalue weighted by molar-refractivity contribution is -0.116. The van der Waals surface area contributed by atoms with Crippen LogP contribution < -0.4 is 10.6 Å². The molecule has 4 N–H and O–H groups in total. The number of phenols is 1. The van der Waals surface area contributed by atoms with Crippen molar-refractivity contribution in [1.29, 1.82) is 0 Å². The molecular weight excluding hydrogens is 208 g/mol. The van der Waals surface area contributed by atoms with Crippen LogP contribution in [-0.2, 0) is 4.79 Å². The summed E-state index contributed by atoms with van der Waals surface area (Å²) in [6, 6.07) is 4.82. The number of carbonyl (C=O) groups is 1. The number of amides is 1. The standard InChI is InChI=1S/C11H16N2O3/c1-7(14)9-4-3-8(5-10(9)15)13(2)6-11(12)16/h3-5,7,14-15H,6H2,1-2H3,(H2,12,16). The van der Waals surface area contributed by atoms with Crippen LogP contribution in [0.4, 0.5) is 5.69 Å². The molecule has 0 saturated carbocycles. The van der Waals surface area contributed by atoms with Crippen LogP contribution in [0.25, 0.3) is 0 Å². The normalized spacial score (nSPS) is 12.2. The van der Waals surface area contributed by atoms with Crippen LogP contribution in [0.3, 0.4) is 0 Å². The maximum absolute atomic E-state index is 10.7. The molecule has 0 aliphatic heterocycles. The number of primary amides is 1. The second kappa shape index (κ2) is 4.85. The number of carbonyl (C=O) groups excluding carboxylic acids is 1. The van der Waals surface area contributed by atoms with Crippen molar-refractivity contribution in [2.45, 2.75) is 13.0 Å². The van der Waals surface area contributed by atoms with E-state index in [2.05, 4.69) is 0 Å². The monoisotopic (exact) mass is 224 g/mol. The Kier molecular flexibility index (Phi) is 3.73. The van der Waals surface area contributed by atoms with Crippen LogP contribution in [-0.4, -0.2) is 29.7 Å². The Morgan fingerprint density at radius 1 is 1.56 bits per heavy atom. The van der Waals surface area contributed by atoms with E-state index in [1.807, 2.05) is 0 Å². The first-order chi connectivity index (χ1) is 7.41. The van der Waals surface area contributed by atoms with E-state index in [9.17, 15) is 15.0 Å². The predicted molar refractivity (Wildman–Crippen MR) is 61.2 cm³/mol. The van der Waals surface area contributed by atoms with Crippen molar-refractivity contribution in [1.82, 2.24) is 0 Å². The fourth-order valence-corrected chi connectivity index (χ4v) is 1.45. The Morgan fingerprint density at radius 3 is 2.62 bits per heavy atom. The molecule has 1 amide bonds. The molecule has 0 spiro atoms. The molecule has 1 aromatic rings. The summed E-state index contributed by atoms with van der Waals surface area (Å²) in [6.45, 7) is 1.65. The number of rotatable bonds is 4. The molecule has 0 radical (unpaired) electrons. The summed E-state index contributed by atoms with van der Waals surface area (Å²) < 4.78 is 0. The van der Waals surface area contributed by atoms with E-state index >= 15 is 0 Å². The summed E-state index contributed by atoms with van der Waals surface area (Å²) in [5, 5.41) is 19.0. The summed E-state index contributed by atoms with van der Waals surface area (Å²) in [5.41, 5.74) is 6.19. The highest BCUT2D eigenvalue weighted by Crippen LogP contribution is 2.28. The van der Waals surface area contributed by atoms with Gasteiger partial charge in [-0.05, 0) is 13.0 Å². The van der Waals surface area contributed by atoms with E-state index in [0.717, 1.165) is 0 Å². The highest BCUT2D eigenvalue weighted by atomic mass is 16.3. The molecule has 5 nitrogen and oxygen atoms in total. The summed E-state index contributed by atoms with van der Waals surface area (Å²) in [5.74, 6) is -0.439. The summed E-state index contributed by atoms with van der Waals surface area (Å²) in [6.07, 6.45) is -0.726. The molecule has 0 saturated heterocycles. The third-order valence-electron chi connectivity index (χ3n) is 2.30. The van der Waals surface area contributed by atoms with Gasteiger partial charge in [0.25, 0.3) is 0 Å². The molecule has 0 fully saturated rings. The van der Waals surface area contributed by atoms with Crippen molar-refractivity contribution in [3.05, 3.63) is 23.8 Å². The molecule has 1 atom stereocenters. The van der Waals surface area contributed by atoms with Gasteiger partial charge in [0, 0.05) is 24.4 Å². The zero-order chi connectivity index (χ0) is 12.3. The van der Waals surface area contributed by atoms with Gasteiger partial charge in [0.1, 0.15) is 5.75 Å². The Labute approximate surface area is 94.1 Å². The Balaban J connectivity index is 2.92. The van der Waals surface area contributed by atoms with Crippen LogP contribution in [0.15, 0.2) is 18.2 Å². The topological polar surface area (TPSA) is 86.8 Å². The maximum Gasteiger partial charge on any atom is 0.236 e. The largest absolute Gasteiger partial charge is 0.507 e. The maximum atomic E-state index is 10.7. The van der Waals surface area contributed by atoms with Gasteiger partial charge < -0.3 is 20.8 Å². The lowest BCUT2D eigenvalue weighted by Gasteiger charge is -2.18. The number of aromatic hydroxyl groups is 1. The first kappa shape index (κ1) is 12.3. The number of benzene rings is 1. The zero-order valence-electron chi connectivity index (χ0n) is 9.34. The van der Waals surface area contributed by atoms with E-state index in [1.165, 1.54) is 6.07 Å². The second-order valence-corrected chi connectivity index (χ2v) is 3.74. The number of hydrogen-bond acceptors (Lipinski definition) is 4. The van der Waals surface area contributed by atoms with Gasteiger partial charge in [-0.1, -0.05) is 6.07 Å². The quantitative estimate of drug-likeness (QED) is 0.689. The number of aliphatic hydroxyl groups is 1. The molecular formula is C11H16N2O3. The minimum Gasteiger partial charge on any atom is -0.507 e. The molecule has 1 aromatic carbocycles. The lowest BCUT2D eigenvalue weighted by atomic mass is 10.1. The molecule has 0 aliphatic rings. The molecule has 16 heavy (non-hydrogen) atoms. The van der Waals surface area contributed by atoms with Crippen molar-refractivity contribution >= 4 is 11.6 Å². The average Bonchev–Trinajstić information content (AvgIpc) is 2.15. The van der Waals surface area contributed by atoms with Gasteiger partial charge in [-0.15, -0.1) is 0 Å². The summed E-state index contributed by atoms with van der Waals surface area (Å²) in [4.78, 5) is 12.3. The Bertz CT molecular complexity index is 391. The third kappa shape index (κ3) is 2.87. The van der Waals surface area contributed by atoms with Crippen LogP contribution in [0.1, 0.15) is 18.6 Å². The molecule has 0 aliphatic carbocycles. The van der Waals surface area contributed by atoms with Gasteiger partial charge in [0.15, 0.2) is 0 Å². The third-order valence-corrected chi connectivity index (χ3v) is 2.30. The minimum absolute atomic E-state index is 0.00354. The van der Waals surface area contributed by atoms with Gasteiger partial charge in [-0.25, -0.2) is 0 Å². The zero-order valence-corrected chi connectivity index (χ0v) is 9.34. The average molecular weight is 224 g/mol. The fourth-order valence-electron chi connectivity index (χ4n) is 1.45. The van der Waals surface area contributed by atoms with Crippen molar-refractivity contribution < 1.29 is 15.0 Å². The van der Waals surface area contributed by atoms with Gasteiger partial charge in [0.05, 0.1) is 12.6 Å².